The van der Waals surface area contributed by atoms with Crippen LogP contribution in [0.15, 0.2) is 42.5 Å². The van der Waals surface area contributed by atoms with E-state index >= 15 is 0 Å². The first-order valence-electron chi connectivity index (χ1n) is 9.22. The second-order valence-corrected chi connectivity index (χ2v) is 7.89. The molecule has 0 saturated carbocycles. The van der Waals surface area contributed by atoms with Crippen molar-refractivity contribution in [2.24, 2.45) is 5.73 Å². The smallest absolute Gasteiger partial charge is 0.375 e. The maximum atomic E-state index is 11.2. The van der Waals surface area contributed by atoms with Gasteiger partial charge in [-0.1, -0.05) is 34.8 Å². The van der Waals surface area contributed by atoms with Crippen LogP contribution in [0.2, 0.25) is 15.1 Å². The van der Waals surface area contributed by atoms with E-state index in [1.165, 1.54) is 4.68 Å². The van der Waals surface area contributed by atoms with E-state index in [4.69, 9.17) is 45.6 Å². The summed E-state index contributed by atoms with van der Waals surface area (Å²) in [7, 11) is 0. The Labute approximate surface area is 193 Å². The van der Waals surface area contributed by atoms with Crippen LogP contribution >= 0.6 is 34.8 Å². The predicted octanol–water partition coefficient (Wildman–Crippen LogP) is 4.75. The van der Waals surface area contributed by atoms with Gasteiger partial charge in [-0.2, -0.15) is 0 Å². The maximum absolute atomic E-state index is 11.2. The number of nitrogens with zero attached hydrogens (tertiary/aromatic N) is 4. The molecule has 1 aliphatic heterocycles. The molecule has 0 radical (unpaired) electrons. The Hall–Kier alpha value is -2.81. The molecule has 8 nitrogen and oxygen atoms in total. The van der Waals surface area contributed by atoms with Gasteiger partial charge in [-0.05, 0) is 55.3 Å². The third kappa shape index (κ3) is 5.66. The van der Waals surface area contributed by atoms with Gasteiger partial charge in [-0.3, -0.25) is 0 Å². The van der Waals surface area contributed by atoms with Gasteiger partial charge in [0.25, 0.3) is 5.82 Å². The van der Waals surface area contributed by atoms with Crippen LogP contribution in [0, 0.1) is 0 Å². The van der Waals surface area contributed by atoms with Crippen LogP contribution in [0.3, 0.4) is 0 Å². The highest BCUT2D eigenvalue weighted by Gasteiger charge is 2.19. The first-order valence-corrected chi connectivity index (χ1v) is 10.4. The standard InChI is InChI=1S/C15H8Cl3N3O2.C5H10N2O/c16-9-3-1-8(2-4-9)14-19-13(15(22)23)20-21(14)12-6-5-10(17)7-11(12)18;6-5(8)7-3-1-2-4-7/h1-7H,(H,22,23);1-4H2,(H2,6,8). The molecule has 2 amide bonds. The summed E-state index contributed by atoms with van der Waals surface area (Å²) in [6.07, 6.45) is 2.23. The fourth-order valence-electron chi connectivity index (χ4n) is 2.95. The number of hydrogen-bond donors (Lipinski definition) is 2. The van der Waals surface area contributed by atoms with Crippen molar-refractivity contribution >= 4 is 46.8 Å². The lowest BCUT2D eigenvalue weighted by Crippen LogP contribution is -2.32. The van der Waals surface area contributed by atoms with Crippen molar-refractivity contribution in [3.8, 4) is 17.1 Å². The van der Waals surface area contributed by atoms with Gasteiger partial charge in [-0.15, -0.1) is 5.10 Å². The topological polar surface area (TPSA) is 114 Å². The number of primary amides is 1. The highest BCUT2D eigenvalue weighted by molar-refractivity contribution is 6.35. The number of aromatic nitrogens is 3. The molecule has 3 N–H and O–H groups in total. The van der Waals surface area contributed by atoms with E-state index in [2.05, 4.69) is 10.1 Å². The van der Waals surface area contributed by atoms with Crippen LogP contribution in [0.5, 0.6) is 0 Å². The van der Waals surface area contributed by atoms with E-state index in [-0.39, 0.29) is 11.9 Å². The predicted molar refractivity (Wildman–Crippen MR) is 119 cm³/mol. The molecule has 1 aromatic heterocycles. The average molecular weight is 483 g/mol. The fraction of sp³-hybridized carbons (Fsp3) is 0.200. The molecule has 0 unspecified atom stereocenters. The van der Waals surface area contributed by atoms with Crippen LogP contribution in [-0.2, 0) is 0 Å². The number of amides is 2. The number of carbonyl (C=O) groups excluding carboxylic acids is 1. The van der Waals surface area contributed by atoms with Crippen molar-refractivity contribution in [3.05, 3.63) is 63.4 Å². The van der Waals surface area contributed by atoms with Gasteiger partial charge in [0.05, 0.1) is 10.7 Å². The SMILES string of the molecule is NC(=O)N1CCCC1.O=C(O)c1nc(-c2ccc(Cl)cc2)n(-c2ccc(Cl)cc2Cl)n1. The van der Waals surface area contributed by atoms with E-state index in [9.17, 15) is 9.59 Å². The van der Waals surface area contributed by atoms with E-state index in [1.807, 2.05) is 0 Å². The minimum absolute atomic E-state index is 0.275. The molecule has 11 heteroatoms. The van der Waals surface area contributed by atoms with Crippen molar-refractivity contribution in [3.63, 3.8) is 0 Å². The quantitative estimate of drug-likeness (QED) is 0.559. The number of benzene rings is 2. The summed E-state index contributed by atoms with van der Waals surface area (Å²) in [5.41, 5.74) is 6.11. The van der Waals surface area contributed by atoms with E-state index in [0.29, 0.717) is 32.1 Å². The Balaban J connectivity index is 0.000000287. The van der Waals surface area contributed by atoms with Gasteiger partial charge in [0, 0.05) is 28.7 Å². The molecule has 0 spiro atoms. The van der Waals surface area contributed by atoms with Crippen molar-refractivity contribution in [2.45, 2.75) is 12.8 Å². The Morgan fingerprint density at radius 3 is 2.10 bits per heavy atom. The molecule has 162 valence electrons. The summed E-state index contributed by atoms with van der Waals surface area (Å²) in [5.74, 6) is -1.23. The van der Waals surface area contributed by atoms with Gasteiger partial charge in [0.1, 0.15) is 0 Å². The van der Waals surface area contributed by atoms with E-state index in [1.54, 1.807) is 47.4 Å². The average Bonchev–Trinajstić information content (AvgIpc) is 3.40. The second-order valence-electron chi connectivity index (χ2n) is 6.61. The van der Waals surface area contributed by atoms with Gasteiger partial charge in [0.15, 0.2) is 5.82 Å². The highest BCUT2D eigenvalue weighted by Crippen LogP contribution is 2.28. The van der Waals surface area contributed by atoms with Crippen molar-refractivity contribution < 1.29 is 14.7 Å². The van der Waals surface area contributed by atoms with Crippen molar-refractivity contribution in [1.29, 1.82) is 0 Å². The number of urea groups is 1. The zero-order chi connectivity index (χ0) is 22.5. The molecular formula is C20H18Cl3N5O3. The summed E-state index contributed by atoms with van der Waals surface area (Å²) in [5, 5.41) is 14.5. The summed E-state index contributed by atoms with van der Waals surface area (Å²) in [6.45, 7) is 1.71. The first kappa shape index (κ1) is 22.9. The maximum Gasteiger partial charge on any atom is 0.375 e. The van der Waals surface area contributed by atoms with Crippen molar-refractivity contribution in [2.75, 3.05) is 13.1 Å². The molecule has 1 fully saturated rings. The lowest BCUT2D eigenvalue weighted by atomic mass is 10.2. The molecule has 3 aromatic rings. The molecule has 2 aromatic carbocycles. The molecule has 0 aliphatic carbocycles. The number of aromatic carboxylic acids is 1. The highest BCUT2D eigenvalue weighted by atomic mass is 35.5. The summed E-state index contributed by atoms with van der Waals surface area (Å²) < 4.78 is 1.37. The molecular weight excluding hydrogens is 465 g/mol. The number of halogens is 3. The Kier molecular flexibility index (Phi) is 7.37. The second kappa shape index (κ2) is 10.00. The Bertz CT molecular complexity index is 1100. The number of carboxylic acid groups (broad SMARTS) is 1. The lowest BCUT2D eigenvalue weighted by Gasteiger charge is -2.09. The normalized spacial score (nSPS) is 12.9. The van der Waals surface area contributed by atoms with Gasteiger partial charge < -0.3 is 15.7 Å². The number of rotatable bonds is 3. The summed E-state index contributed by atoms with van der Waals surface area (Å²) >= 11 is 18.0. The van der Waals surface area contributed by atoms with E-state index < -0.39 is 5.97 Å². The van der Waals surface area contributed by atoms with Crippen LogP contribution in [0.1, 0.15) is 23.5 Å². The molecule has 31 heavy (non-hydrogen) atoms. The van der Waals surface area contributed by atoms with Gasteiger partial charge in [0.2, 0.25) is 0 Å². The zero-order valence-corrected chi connectivity index (χ0v) is 18.4. The number of carboxylic acids is 1. The van der Waals surface area contributed by atoms with Crippen LogP contribution < -0.4 is 5.73 Å². The molecule has 1 aliphatic rings. The van der Waals surface area contributed by atoms with Crippen LogP contribution in [-0.4, -0.2) is 49.9 Å². The molecule has 0 bridgehead atoms. The fourth-order valence-corrected chi connectivity index (χ4v) is 3.56. The molecule has 2 heterocycles. The van der Waals surface area contributed by atoms with Crippen LogP contribution in [0.25, 0.3) is 17.1 Å². The third-order valence-electron chi connectivity index (χ3n) is 4.46. The molecule has 0 atom stereocenters. The zero-order valence-electron chi connectivity index (χ0n) is 16.1. The Morgan fingerprint density at radius 2 is 1.58 bits per heavy atom. The van der Waals surface area contributed by atoms with Gasteiger partial charge >= 0.3 is 12.0 Å². The Morgan fingerprint density at radius 1 is 0.968 bits per heavy atom. The molecule has 1 saturated heterocycles. The lowest BCUT2D eigenvalue weighted by molar-refractivity contribution is 0.0683. The van der Waals surface area contributed by atoms with E-state index in [0.717, 1.165) is 25.9 Å². The number of hydrogen-bond acceptors (Lipinski definition) is 4. The first-order chi connectivity index (χ1) is 14.8. The summed E-state index contributed by atoms with van der Waals surface area (Å²) in [4.78, 5) is 27.3. The van der Waals surface area contributed by atoms with Gasteiger partial charge in [-0.25, -0.2) is 19.3 Å². The number of likely N-dealkylation sites (tertiary alicyclic amines) is 1. The largest absolute Gasteiger partial charge is 0.475 e. The third-order valence-corrected chi connectivity index (χ3v) is 5.25. The number of carbonyl (C=O) groups is 2. The van der Waals surface area contributed by atoms with Crippen molar-refractivity contribution in [1.82, 2.24) is 19.7 Å². The number of nitrogens with two attached hydrogens (primary N) is 1. The minimum Gasteiger partial charge on any atom is -0.475 e. The monoisotopic (exact) mass is 481 g/mol. The minimum atomic E-state index is -1.23. The van der Waals surface area contributed by atoms with Crippen LogP contribution in [0.4, 0.5) is 4.79 Å². The summed E-state index contributed by atoms with van der Waals surface area (Å²) in [6, 6.07) is 11.4. The molecule has 4 rings (SSSR count).